The summed E-state index contributed by atoms with van der Waals surface area (Å²) in [4.78, 5) is 22.3. The van der Waals surface area contributed by atoms with Gasteiger partial charge in [-0.05, 0) is 61.6 Å². The highest BCUT2D eigenvalue weighted by molar-refractivity contribution is 6.01. The van der Waals surface area contributed by atoms with Crippen LogP contribution in [-0.2, 0) is 16.6 Å². The van der Waals surface area contributed by atoms with E-state index >= 15 is 0 Å². The standard InChI is InChI=1S/C25H23F2N3O4/c1-4-16-17(9-12-28-22(16)32-3)21-14(2)5-8-20(29-21)30-23(31)24(10-11-24)15-6-7-18-19(13-15)34-25(26,27)33-18/h5-9,12-13H,4,10-11H2,1-3H3,(H,29,30,31). The number of nitrogens with zero attached hydrogens (tertiary/aromatic N) is 2. The van der Waals surface area contributed by atoms with Crippen LogP contribution in [0.3, 0.4) is 0 Å². The molecule has 1 aliphatic carbocycles. The minimum atomic E-state index is -3.70. The normalized spacial score (nSPS) is 16.7. The number of amides is 1. The Morgan fingerprint density at radius 1 is 1.15 bits per heavy atom. The minimum absolute atomic E-state index is 0.0469. The fourth-order valence-corrected chi connectivity index (χ4v) is 4.34. The Morgan fingerprint density at radius 3 is 2.62 bits per heavy atom. The predicted octanol–water partition coefficient (Wildman–Crippen LogP) is 5.01. The number of aryl methyl sites for hydroxylation is 1. The highest BCUT2D eigenvalue weighted by Gasteiger charge is 2.53. The van der Waals surface area contributed by atoms with Gasteiger partial charge in [-0.3, -0.25) is 4.79 Å². The van der Waals surface area contributed by atoms with Gasteiger partial charge in [0.1, 0.15) is 5.82 Å². The summed E-state index contributed by atoms with van der Waals surface area (Å²) in [6.45, 7) is 3.97. The molecule has 1 aliphatic heterocycles. The third kappa shape index (κ3) is 3.70. The van der Waals surface area contributed by atoms with Crippen LogP contribution in [0.15, 0.2) is 42.6 Å². The van der Waals surface area contributed by atoms with Crippen molar-refractivity contribution < 1.29 is 27.8 Å². The lowest BCUT2D eigenvalue weighted by molar-refractivity contribution is -0.286. The molecule has 0 saturated heterocycles. The number of halogens is 2. The van der Waals surface area contributed by atoms with Gasteiger partial charge in [0.25, 0.3) is 0 Å². The van der Waals surface area contributed by atoms with E-state index in [2.05, 4.69) is 19.8 Å². The first-order valence-electron chi connectivity index (χ1n) is 11.0. The number of rotatable bonds is 6. The molecule has 1 saturated carbocycles. The third-order valence-corrected chi connectivity index (χ3v) is 6.30. The second-order valence-electron chi connectivity index (χ2n) is 8.43. The summed E-state index contributed by atoms with van der Waals surface area (Å²) in [6.07, 6.45) is -0.141. The summed E-state index contributed by atoms with van der Waals surface area (Å²) in [6, 6.07) is 10.0. The average Bonchev–Trinajstić information content (AvgIpc) is 3.56. The molecule has 1 aromatic carbocycles. The Bertz CT molecular complexity index is 1290. The molecule has 1 N–H and O–H groups in total. The maximum Gasteiger partial charge on any atom is 0.586 e. The van der Waals surface area contributed by atoms with Crippen LogP contribution in [0.2, 0.25) is 0 Å². The SMILES string of the molecule is CCc1c(-c2nc(NC(=O)C3(c4ccc5c(c4)OC(F)(F)O5)CC3)ccc2C)ccnc1OC. The van der Waals surface area contributed by atoms with Gasteiger partial charge < -0.3 is 19.5 Å². The number of ether oxygens (including phenoxy) is 3. The van der Waals surface area contributed by atoms with Gasteiger partial charge in [0, 0.05) is 17.3 Å². The molecule has 1 amide bonds. The van der Waals surface area contributed by atoms with Gasteiger partial charge in [0.05, 0.1) is 18.2 Å². The molecule has 1 fully saturated rings. The second kappa shape index (κ2) is 7.93. The lowest BCUT2D eigenvalue weighted by atomic mass is 9.94. The van der Waals surface area contributed by atoms with Crippen molar-refractivity contribution in [3.05, 3.63) is 59.3 Å². The number of pyridine rings is 2. The Kier molecular flexibility index (Phi) is 5.15. The summed E-state index contributed by atoms with van der Waals surface area (Å²) < 4.78 is 41.2. The highest BCUT2D eigenvalue weighted by atomic mass is 19.3. The first-order chi connectivity index (χ1) is 16.3. The van der Waals surface area contributed by atoms with E-state index in [4.69, 9.17) is 9.72 Å². The number of carbonyl (C=O) groups is 1. The van der Waals surface area contributed by atoms with Crippen molar-refractivity contribution in [2.45, 2.75) is 44.8 Å². The van der Waals surface area contributed by atoms with E-state index < -0.39 is 11.7 Å². The van der Waals surface area contributed by atoms with E-state index in [0.717, 1.165) is 22.4 Å². The van der Waals surface area contributed by atoms with Gasteiger partial charge in [-0.2, -0.15) is 0 Å². The van der Waals surface area contributed by atoms with Crippen molar-refractivity contribution in [1.29, 1.82) is 0 Å². The first-order valence-corrected chi connectivity index (χ1v) is 11.0. The fraction of sp³-hybridized carbons (Fsp3) is 0.320. The van der Waals surface area contributed by atoms with Gasteiger partial charge in [-0.25, -0.2) is 9.97 Å². The van der Waals surface area contributed by atoms with Gasteiger partial charge in [0.15, 0.2) is 11.5 Å². The number of aromatic nitrogens is 2. The molecule has 2 aliphatic rings. The third-order valence-electron chi connectivity index (χ3n) is 6.30. The molecule has 0 atom stereocenters. The molecule has 2 aromatic heterocycles. The van der Waals surface area contributed by atoms with Crippen molar-refractivity contribution in [1.82, 2.24) is 9.97 Å². The van der Waals surface area contributed by atoms with Crippen LogP contribution in [-0.4, -0.2) is 29.3 Å². The number of nitrogens with one attached hydrogen (secondary N) is 1. The zero-order valence-corrected chi connectivity index (χ0v) is 18.9. The number of hydrogen-bond acceptors (Lipinski definition) is 6. The summed E-state index contributed by atoms with van der Waals surface area (Å²) in [5.74, 6) is 0.580. The molecule has 0 radical (unpaired) electrons. The Hall–Kier alpha value is -3.75. The van der Waals surface area contributed by atoms with Crippen molar-refractivity contribution in [3.63, 3.8) is 0 Å². The monoisotopic (exact) mass is 467 g/mol. The van der Waals surface area contributed by atoms with Gasteiger partial charge in [0.2, 0.25) is 11.8 Å². The van der Waals surface area contributed by atoms with Crippen LogP contribution in [0.5, 0.6) is 17.4 Å². The largest absolute Gasteiger partial charge is 0.586 e. The first kappa shape index (κ1) is 22.1. The lowest BCUT2D eigenvalue weighted by Gasteiger charge is -2.17. The maximum atomic E-state index is 13.4. The maximum absolute atomic E-state index is 13.4. The van der Waals surface area contributed by atoms with Crippen molar-refractivity contribution in [2.24, 2.45) is 0 Å². The number of fused-ring (bicyclic) bond motifs is 1. The van der Waals surface area contributed by atoms with Crippen molar-refractivity contribution >= 4 is 11.7 Å². The van der Waals surface area contributed by atoms with Crippen LogP contribution in [0.4, 0.5) is 14.6 Å². The molecule has 3 aromatic rings. The van der Waals surface area contributed by atoms with E-state index in [1.165, 1.54) is 12.1 Å². The number of benzene rings is 1. The molecular weight excluding hydrogens is 444 g/mol. The van der Waals surface area contributed by atoms with Crippen LogP contribution in [0.1, 0.15) is 36.5 Å². The molecule has 9 heteroatoms. The molecule has 0 bridgehead atoms. The Balaban J connectivity index is 1.43. The van der Waals surface area contributed by atoms with Crippen LogP contribution in [0.25, 0.3) is 11.3 Å². The number of alkyl halides is 2. The molecule has 5 rings (SSSR count). The molecule has 34 heavy (non-hydrogen) atoms. The molecule has 176 valence electrons. The summed E-state index contributed by atoms with van der Waals surface area (Å²) in [5.41, 5.74) is 3.27. The van der Waals surface area contributed by atoms with Gasteiger partial charge >= 0.3 is 6.29 Å². The number of anilines is 1. The second-order valence-corrected chi connectivity index (χ2v) is 8.43. The van der Waals surface area contributed by atoms with Crippen molar-refractivity contribution in [3.8, 4) is 28.6 Å². The van der Waals surface area contributed by atoms with Crippen LogP contribution < -0.4 is 19.5 Å². The Labute approximate surface area is 195 Å². The predicted molar refractivity (Wildman–Crippen MR) is 120 cm³/mol. The molecule has 0 unspecified atom stereocenters. The number of carbonyl (C=O) groups excluding carboxylic acids is 1. The zero-order valence-electron chi connectivity index (χ0n) is 18.9. The smallest absolute Gasteiger partial charge is 0.481 e. The Morgan fingerprint density at radius 2 is 1.91 bits per heavy atom. The van der Waals surface area contributed by atoms with Gasteiger partial charge in [-0.15, -0.1) is 8.78 Å². The van der Waals surface area contributed by atoms with Crippen LogP contribution in [0, 0.1) is 6.92 Å². The topological polar surface area (TPSA) is 82.6 Å². The van der Waals surface area contributed by atoms with E-state index in [-0.39, 0.29) is 17.4 Å². The molecule has 7 nitrogen and oxygen atoms in total. The summed E-state index contributed by atoms with van der Waals surface area (Å²) in [5, 5.41) is 2.91. The van der Waals surface area contributed by atoms with E-state index in [1.54, 1.807) is 25.4 Å². The summed E-state index contributed by atoms with van der Waals surface area (Å²) in [7, 11) is 1.58. The van der Waals surface area contributed by atoms with E-state index in [1.807, 2.05) is 26.0 Å². The van der Waals surface area contributed by atoms with Gasteiger partial charge in [-0.1, -0.05) is 19.1 Å². The number of hydrogen-bond donors (Lipinski definition) is 1. The minimum Gasteiger partial charge on any atom is -0.481 e. The molecule has 0 spiro atoms. The summed E-state index contributed by atoms with van der Waals surface area (Å²) >= 11 is 0. The quantitative estimate of drug-likeness (QED) is 0.549. The zero-order chi connectivity index (χ0) is 24.1. The van der Waals surface area contributed by atoms with E-state index in [0.29, 0.717) is 36.5 Å². The number of methoxy groups -OCH3 is 1. The van der Waals surface area contributed by atoms with Crippen molar-refractivity contribution in [2.75, 3.05) is 12.4 Å². The van der Waals surface area contributed by atoms with E-state index in [9.17, 15) is 13.6 Å². The fourth-order valence-electron chi connectivity index (χ4n) is 4.34. The lowest BCUT2D eigenvalue weighted by Crippen LogP contribution is -2.28. The molecule has 3 heterocycles. The average molecular weight is 467 g/mol. The van der Waals surface area contributed by atoms with Crippen LogP contribution >= 0.6 is 0 Å². The highest BCUT2D eigenvalue weighted by Crippen LogP contribution is 2.52. The molecular formula is C25H23F2N3O4.